The molecule has 2 aromatic carbocycles. The van der Waals surface area contributed by atoms with Crippen LogP contribution in [0.1, 0.15) is 102 Å². The van der Waals surface area contributed by atoms with E-state index >= 15 is 0 Å². The standard InChI is InChI=1S/C18H32N.C12H16O2.ClH/c1-7-18(5,6)17-13-11-16(12-14-17)15-19(8-2,9-3)10-4;1-4-12(2,3)10-7-5-9(6-8-10)11(13)14;/h11-14H,7-10,15H2,1-6H3;5-8H,4H2,1-3H3,(H,13,14);1H/q+1;;/p-1. The average Bonchev–Trinajstić information content (AvgIpc) is 2.83. The summed E-state index contributed by atoms with van der Waals surface area (Å²) < 4.78 is 1.19. The van der Waals surface area contributed by atoms with Crippen LogP contribution in [-0.2, 0) is 17.4 Å². The van der Waals surface area contributed by atoms with E-state index in [4.69, 9.17) is 5.11 Å². The Hall–Kier alpha value is -1.84. The third kappa shape index (κ3) is 8.74. The van der Waals surface area contributed by atoms with Gasteiger partial charge < -0.3 is 22.0 Å². The van der Waals surface area contributed by atoms with Crippen molar-refractivity contribution in [3.63, 3.8) is 0 Å². The molecule has 0 bridgehead atoms. The van der Waals surface area contributed by atoms with E-state index < -0.39 is 5.97 Å². The molecule has 0 spiro atoms. The molecule has 0 aromatic heterocycles. The molecule has 0 saturated heterocycles. The number of rotatable bonds is 10. The molecule has 0 aliphatic rings. The maximum Gasteiger partial charge on any atom is 0.335 e. The molecule has 0 atom stereocenters. The third-order valence-electron chi connectivity index (χ3n) is 7.95. The van der Waals surface area contributed by atoms with E-state index in [0.717, 1.165) is 13.0 Å². The number of halogens is 1. The molecule has 0 aliphatic carbocycles. The fraction of sp³-hybridized carbons (Fsp3) is 0.567. The Morgan fingerprint density at radius 1 is 0.706 bits per heavy atom. The van der Waals surface area contributed by atoms with Gasteiger partial charge in [0, 0.05) is 5.56 Å². The maximum atomic E-state index is 10.6. The van der Waals surface area contributed by atoms with Gasteiger partial charge in [0.05, 0.1) is 25.2 Å². The number of quaternary nitrogens is 1. The second-order valence-corrected chi connectivity index (χ2v) is 10.5. The zero-order valence-corrected chi connectivity index (χ0v) is 23.8. The molecule has 192 valence electrons. The summed E-state index contributed by atoms with van der Waals surface area (Å²) in [6.07, 6.45) is 2.23. The topological polar surface area (TPSA) is 37.3 Å². The summed E-state index contributed by atoms with van der Waals surface area (Å²) in [7, 11) is 0. The lowest BCUT2D eigenvalue weighted by atomic mass is 9.82. The molecular weight excluding hydrogens is 442 g/mol. The van der Waals surface area contributed by atoms with Gasteiger partial charge >= 0.3 is 5.97 Å². The second kappa shape index (κ2) is 13.9. The SMILES string of the molecule is CCC(C)(C)c1ccc(C(=O)O)cc1.CCC(C)(C)c1ccc(C[N+](CC)(CC)CC)cc1.[Cl-]. The summed E-state index contributed by atoms with van der Waals surface area (Å²) in [4.78, 5) is 10.6. The summed E-state index contributed by atoms with van der Waals surface area (Å²) in [6.45, 7) is 25.1. The quantitative estimate of drug-likeness (QED) is 0.485. The first kappa shape index (κ1) is 32.2. The minimum absolute atomic E-state index is 0. The highest BCUT2D eigenvalue weighted by Crippen LogP contribution is 2.28. The Morgan fingerprint density at radius 3 is 1.35 bits per heavy atom. The van der Waals surface area contributed by atoms with Crippen LogP contribution in [0.15, 0.2) is 48.5 Å². The molecular formula is C30H48ClNO2. The number of carbonyl (C=O) groups is 1. The molecule has 4 heteroatoms. The Kier molecular flexibility index (Phi) is 13.1. The first-order chi connectivity index (χ1) is 15.4. The zero-order valence-electron chi connectivity index (χ0n) is 23.0. The summed E-state index contributed by atoms with van der Waals surface area (Å²) in [5, 5.41) is 8.74. The van der Waals surface area contributed by atoms with Crippen molar-refractivity contribution < 1.29 is 26.8 Å². The third-order valence-corrected chi connectivity index (χ3v) is 7.95. The summed E-state index contributed by atoms with van der Waals surface area (Å²) in [5.74, 6) is -0.870. The molecule has 34 heavy (non-hydrogen) atoms. The summed E-state index contributed by atoms with van der Waals surface area (Å²) >= 11 is 0. The van der Waals surface area contributed by atoms with Gasteiger partial charge in [-0.05, 0) is 67.7 Å². The molecule has 2 aromatic rings. The fourth-order valence-corrected chi connectivity index (χ4v) is 3.93. The largest absolute Gasteiger partial charge is 1.00 e. The molecule has 0 unspecified atom stereocenters. The molecule has 1 N–H and O–H groups in total. The van der Waals surface area contributed by atoms with Crippen LogP contribution < -0.4 is 12.4 Å². The maximum absolute atomic E-state index is 10.6. The van der Waals surface area contributed by atoms with Crippen molar-refractivity contribution in [3.05, 3.63) is 70.8 Å². The van der Waals surface area contributed by atoms with E-state index in [1.54, 1.807) is 12.1 Å². The molecule has 0 aliphatic heterocycles. The van der Waals surface area contributed by atoms with Crippen molar-refractivity contribution in [1.29, 1.82) is 0 Å². The Morgan fingerprint density at radius 2 is 1.06 bits per heavy atom. The molecule has 0 fully saturated rings. The van der Waals surface area contributed by atoms with Crippen molar-refractivity contribution in [2.24, 2.45) is 0 Å². The highest BCUT2D eigenvalue weighted by atomic mass is 35.5. The number of hydrogen-bond donors (Lipinski definition) is 1. The van der Waals surface area contributed by atoms with Gasteiger partial charge in [-0.25, -0.2) is 4.79 Å². The second-order valence-electron chi connectivity index (χ2n) is 10.5. The highest BCUT2D eigenvalue weighted by molar-refractivity contribution is 5.87. The van der Waals surface area contributed by atoms with Crippen molar-refractivity contribution in [2.45, 2.75) is 92.5 Å². The van der Waals surface area contributed by atoms with Crippen LogP contribution in [0.3, 0.4) is 0 Å². The van der Waals surface area contributed by atoms with Crippen LogP contribution in [0.2, 0.25) is 0 Å². The van der Waals surface area contributed by atoms with E-state index in [0.29, 0.717) is 11.0 Å². The molecule has 0 amide bonds. The van der Waals surface area contributed by atoms with Gasteiger partial charge in [-0.3, -0.25) is 0 Å². The molecule has 2 rings (SSSR count). The van der Waals surface area contributed by atoms with Crippen molar-refractivity contribution in [2.75, 3.05) is 19.6 Å². The van der Waals surface area contributed by atoms with Crippen molar-refractivity contribution >= 4 is 5.97 Å². The van der Waals surface area contributed by atoms with Gasteiger partial charge in [0.2, 0.25) is 0 Å². The van der Waals surface area contributed by atoms with E-state index in [-0.39, 0.29) is 17.8 Å². The lowest BCUT2D eigenvalue weighted by Crippen LogP contribution is -3.00. The number of nitrogens with zero attached hydrogens (tertiary/aromatic N) is 1. The number of carboxylic acids is 1. The summed E-state index contributed by atoms with van der Waals surface area (Å²) in [6, 6.07) is 16.4. The fourth-order valence-electron chi connectivity index (χ4n) is 3.93. The van der Waals surface area contributed by atoms with E-state index in [1.165, 1.54) is 47.2 Å². The zero-order chi connectivity index (χ0) is 25.3. The lowest BCUT2D eigenvalue weighted by molar-refractivity contribution is -0.936. The first-order valence-corrected chi connectivity index (χ1v) is 12.7. The minimum Gasteiger partial charge on any atom is -1.00 e. The lowest BCUT2D eigenvalue weighted by Gasteiger charge is -2.36. The number of hydrogen-bond acceptors (Lipinski definition) is 1. The Bertz CT molecular complexity index is 842. The van der Waals surface area contributed by atoms with Gasteiger partial charge in [0.1, 0.15) is 6.54 Å². The number of benzene rings is 2. The van der Waals surface area contributed by atoms with Crippen molar-refractivity contribution in [3.8, 4) is 0 Å². The average molecular weight is 490 g/mol. The van der Waals surface area contributed by atoms with Gasteiger partial charge in [-0.1, -0.05) is 77.9 Å². The van der Waals surface area contributed by atoms with Crippen molar-refractivity contribution in [1.82, 2.24) is 0 Å². The Balaban J connectivity index is 0.000000649. The van der Waals surface area contributed by atoms with E-state index in [9.17, 15) is 4.79 Å². The van der Waals surface area contributed by atoms with Crippen LogP contribution >= 0.6 is 0 Å². The van der Waals surface area contributed by atoms with Gasteiger partial charge in [0.15, 0.2) is 0 Å². The van der Waals surface area contributed by atoms with E-state index in [1.807, 2.05) is 12.1 Å². The van der Waals surface area contributed by atoms with E-state index in [2.05, 4.69) is 86.6 Å². The molecule has 0 radical (unpaired) electrons. The first-order valence-electron chi connectivity index (χ1n) is 12.7. The van der Waals surface area contributed by atoms with Crippen LogP contribution in [0, 0.1) is 0 Å². The predicted octanol–water partition coefficient (Wildman–Crippen LogP) is 4.83. The predicted molar refractivity (Wildman–Crippen MR) is 142 cm³/mol. The highest BCUT2D eigenvalue weighted by Gasteiger charge is 2.22. The molecule has 0 saturated carbocycles. The van der Waals surface area contributed by atoms with Gasteiger partial charge in [0.25, 0.3) is 0 Å². The van der Waals surface area contributed by atoms with Crippen LogP contribution in [0.4, 0.5) is 0 Å². The molecule has 3 nitrogen and oxygen atoms in total. The van der Waals surface area contributed by atoms with Gasteiger partial charge in [-0.2, -0.15) is 0 Å². The number of aromatic carboxylic acids is 1. The Labute approximate surface area is 215 Å². The normalized spacial score (nSPS) is 11.8. The molecule has 0 heterocycles. The van der Waals surface area contributed by atoms with Crippen LogP contribution in [0.25, 0.3) is 0 Å². The van der Waals surface area contributed by atoms with Crippen LogP contribution in [-0.4, -0.2) is 35.2 Å². The smallest absolute Gasteiger partial charge is 0.335 e. The monoisotopic (exact) mass is 489 g/mol. The number of carboxylic acid groups (broad SMARTS) is 1. The summed E-state index contributed by atoms with van der Waals surface area (Å²) in [5.41, 5.74) is 4.88. The van der Waals surface area contributed by atoms with Crippen LogP contribution in [0.5, 0.6) is 0 Å². The minimum atomic E-state index is -0.870. The van der Waals surface area contributed by atoms with Gasteiger partial charge in [-0.15, -0.1) is 0 Å².